The monoisotopic (exact) mass is 183 g/mol. The Hall–Kier alpha value is -0.610. The Bertz CT molecular complexity index is 219. The quantitative estimate of drug-likeness (QED) is 0.355. The van der Waals surface area contributed by atoms with Gasteiger partial charge in [-0.25, -0.2) is 5.84 Å². The lowest BCUT2D eigenvalue weighted by Gasteiger charge is -2.52. The van der Waals surface area contributed by atoms with Gasteiger partial charge in [0.15, 0.2) is 0 Å². The van der Waals surface area contributed by atoms with E-state index in [2.05, 4.69) is 10.3 Å². The number of nitrogens with two attached hydrogens (primary N) is 1. The Balaban J connectivity index is 1.84. The molecule has 0 spiro atoms. The second kappa shape index (κ2) is 2.96. The Morgan fingerprint density at radius 3 is 2.54 bits per heavy atom. The van der Waals surface area contributed by atoms with E-state index in [9.17, 15) is 4.79 Å². The molecule has 13 heavy (non-hydrogen) atoms. The molecule has 2 aliphatic rings. The van der Waals surface area contributed by atoms with Crippen LogP contribution < -0.4 is 11.3 Å². The lowest BCUT2D eigenvalue weighted by molar-refractivity contribution is -0.144. The summed E-state index contributed by atoms with van der Waals surface area (Å²) < 4.78 is 0. The molecule has 1 amide bonds. The molecule has 1 aliphatic carbocycles. The van der Waals surface area contributed by atoms with E-state index >= 15 is 0 Å². The van der Waals surface area contributed by atoms with Crippen LogP contribution in [0.2, 0.25) is 0 Å². The number of likely N-dealkylation sites (tertiary alicyclic amines) is 1. The number of hydrogen-bond acceptors (Lipinski definition) is 3. The van der Waals surface area contributed by atoms with Gasteiger partial charge in [0.25, 0.3) is 0 Å². The van der Waals surface area contributed by atoms with E-state index in [1.165, 1.54) is 19.3 Å². The van der Waals surface area contributed by atoms with Crippen LogP contribution >= 0.6 is 0 Å². The maximum atomic E-state index is 11.3. The molecule has 0 atom stereocenters. The van der Waals surface area contributed by atoms with Crippen molar-refractivity contribution in [3.8, 4) is 0 Å². The molecule has 1 aliphatic heterocycles. The number of nitrogens with zero attached hydrogens (tertiary/aromatic N) is 1. The summed E-state index contributed by atoms with van der Waals surface area (Å²) in [5, 5.41) is 0. The van der Waals surface area contributed by atoms with Crippen LogP contribution in [-0.4, -0.2) is 29.9 Å². The number of carbonyl (C=O) groups is 1. The predicted octanol–water partition coefficient (Wildman–Crippen LogP) is -0.149. The summed E-state index contributed by atoms with van der Waals surface area (Å²) in [6.07, 6.45) is 3.96. The second-order valence-electron chi connectivity index (χ2n) is 4.52. The number of amides is 1. The van der Waals surface area contributed by atoms with Gasteiger partial charge >= 0.3 is 0 Å². The summed E-state index contributed by atoms with van der Waals surface area (Å²) in [5.74, 6) is 5.09. The van der Waals surface area contributed by atoms with Crippen molar-refractivity contribution < 1.29 is 4.79 Å². The van der Waals surface area contributed by atoms with Gasteiger partial charge in [0.05, 0.1) is 5.41 Å². The minimum absolute atomic E-state index is 0.0249. The number of hydrogen-bond donors (Lipinski definition) is 2. The van der Waals surface area contributed by atoms with Gasteiger partial charge in [-0.3, -0.25) is 15.1 Å². The van der Waals surface area contributed by atoms with Gasteiger partial charge in [-0.15, -0.1) is 0 Å². The van der Waals surface area contributed by atoms with Crippen LogP contribution in [-0.2, 0) is 4.79 Å². The summed E-state index contributed by atoms with van der Waals surface area (Å²) in [7, 11) is 0. The third-order valence-electron chi connectivity index (χ3n) is 3.37. The Labute approximate surface area is 78.4 Å². The van der Waals surface area contributed by atoms with Gasteiger partial charge in [0.2, 0.25) is 5.91 Å². The summed E-state index contributed by atoms with van der Waals surface area (Å²) >= 11 is 0. The molecular weight excluding hydrogens is 166 g/mol. The van der Waals surface area contributed by atoms with Crippen molar-refractivity contribution in [2.75, 3.05) is 13.1 Å². The van der Waals surface area contributed by atoms with Crippen LogP contribution in [0.1, 0.15) is 26.2 Å². The molecule has 2 rings (SSSR count). The molecule has 3 N–H and O–H groups in total. The molecule has 0 unspecified atom stereocenters. The fourth-order valence-electron chi connectivity index (χ4n) is 2.18. The maximum absolute atomic E-state index is 11.3. The van der Waals surface area contributed by atoms with Crippen molar-refractivity contribution in [1.82, 2.24) is 10.3 Å². The molecule has 1 saturated carbocycles. The Morgan fingerprint density at radius 1 is 1.54 bits per heavy atom. The summed E-state index contributed by atoms with van der Waals surface area (Å²) in [6.45, 7) is 3.73. The van der Waals surface area contributed by atoms with Crippen molar-refractivity contribution in [2.24, 2.45) is 11.3 Å². The molecule has 4 nitrogen and oxygen atoms in total. The molecule has 74 valence electrons. The molecule has 1 saturated heterocycles. The summed E-state index contributed by atoms with van der Waals surface area (Å²) in [5.41, 5.74) is 2.01. The summed E-state index contributed by atoms with van der Waals surface area (Å²) in [6, 6.07) is 0.749. The van der Waals surface area contributed by atoms with Crippen LogP contribution in [0.4, 0.5) is 0 Å². The zero-order chi connectivity index (χ0) is 9.47. The summed E-state index contributed by atoms with van der Waals surface area (Å²) in [4.78, 5) is 13.7. The largest absolute Gasteiger partial charge is 0.298 e. The van der Waals surface area contributed by atoms with E-state index in [0.717, 1.165) is 19.1 Å². The predicted molar refractivity (Wildman–Crippen MR) is 49.6 cm³/mol. The highest BCUT2D eigenvalue weighted by molar-refractivity contribution is 5.83. The van der Waals surface area contributed by atoms with Crippen molar-refractivity contribution in [3.63, 3.8) is 0 Å². The highest BCUT2D eigenvalue weighted by Gasteiger charge is 2.47. The lowest BCUT2D eigenvalue weighted by Crippen LogP contribution is -2.65. The first-order valence-electron chi connectivity index (χ1n) is 4.91. The zero-order valence-electron chi connectivity index (χ0n) is 8.05. The van der Waals surface area contributed by atoms with Gasteiger partial charge in [-0.05, 0) is 19.8 Å². The minimum Gasteiger partial charge on any atom is -0.298 e. The van der Waals surface area contributed by atoms with E-state index in [1.54, 1.807) is 0 Å². The van der Waals surface area contributed by atoms with E-state index in [-0.39, 0.29) is 11.3 Å². The zero-order valence-corrected chi connectivity index (χ0v) is 8.05. The van der Waals surface area contributed by atoms with E-state index in [1.807, 2.05) is 6.92 Å². The fourth-order valence-corrected chi connectivity index (χ4v) is 2.18. The number of carbonyl (C=O) groups excluding carboxylic acids is 1. The molecule has 0 aromatic carbocycles. The number of rotatable bonds is 2. The lowest BCUT2D eigenvalue weighted by atomic mass is 9.77. The first kappa shape index (κ1) is 8.97. The molecule has 0 radical (unpaired) electrons. The Kier molecular flexibility index (Phi) is 2.04. The van der Waals surface area contributed by atoms with Gasteiger partial charge in [0, 0.05) is 19.1 Å². The molecular formula is C9H17N3O. The van der Waals surface area contributed by atoms with Crippen LogP contribution in [0.3, 0.4) is 0 Å². The van der Waals surface area contributed by atoms with Crippen LogP contribution in [0.5, 0.6) is 0 Å². The highest BCUT2D eigenvalue weighted by atomic mass is 16.2. The van der Waals surface area contributed by atoms with Crippen LogP contribution in [0.25, 0.3) is 0 Å². The molecule has 2 fully saturated rings. The molecule has 0 bridgehead atoms. The Morgan fingerprint density at radius 2 is 2.15 bits per heavy atom. The number of hydrazine groups is 1. The smallest absolute Gasteiger partial charge is 0.242 e. The molecule has 0 aromatic heterocycles. The van der Waals surface area contributed by atoms with E-state index in [0.29, 0.717) is 0 Å². The van der Waals surface area contributed by atoms with Crippen molar-refractivity contribution in [1.29, 1.82) is 0 Å². The van der Waals surface area contributed by atoms with E-state index < -0.39 is 0 Å². The minimum atomic E-state index is -0.232. The van der Waals surface area contributed by atoms with Crippen molar-refractivity contribution >= 4 is 5.91 Å². The molecule has 1 heterocycles. The van der Waals surface area contributed by atoms with Crippen molar-refractivity contribution in [2.45, 2.75) is 32.2 Å². The third kappa shape index (κ3) is 1.34. The maximum Gasteiger partial charge on any atom is 0.242 e. The topological polar surface area (TPSA) is 58.4 Å². The van der Waals surface area contributed by atoms with Crippen molar-refractivity contribution in [3.05, 3.63) is 0 Å². The van der Waals surface area contributed by atoms with Gasteiger partial charge in [-0.2, -0.15) is 0 Å². The van der Waals surface area contributed by atoms with Gasteiger partial charge < -0.3 is 0 Å². The molecule has 0 aromatic rings. The SMILES string of the molecule is CC1(C(=O)NN)CN(C2CCC2)C1. The molecule has 4 heteroatoms. The van der Waals surface area contributed by atoms with Gasteiger partial charge in [-0.1, -0.05) is 6.42 Å². The average Bonchev–Trinajstić information content (AvgIpc) is 1.96. The third-order valence-corrected chi connectivity index (χ3v) is 3.37. The fraction of sp³-hybridized carbons (Fsp3) is 0.889. The van der Waals surface area contributed by atoms with E-state index in [4.69, 9.17) is 5.84 Å². The standard InChI is InChI=1S/C9H17N3O/c1-9(8(13)11-10)5-12(6-9)7-3-2-4-7/h7H,2-6,10H2,1H3,(H,11,13). The average molecular weight is 183 g/mol. The highest BCUT2D eigenvalue weighted by Crippen LogP contribution is 2.37. The first-order chi connectivity index (χ1) is 6.15. The normalized spacial score (nSPS) is 27.5. The van der Waals surface area contributed by atoms with Crippen LogP contribution in [0.15, 0.2) is 0 Å². The first-order valence-corrected chi connectivity index (χ1v) is 4.91. The van der Waals surface area contributed by atoms with Gasteiger partial charge in [0.1, 0.15) is 0 Å². The second-order valence-corrected chi connectivity index (χ2v) is 4.52. The van der Waals surface area contributed by atoms with Crippen LogP contribution in [0, 0.1) is 5.41 Å². The number of nitrogens with one attached hydrogen (secondary N) is 1.